The third-order valence-corrected chi connectivity index (χ3v) is 3.65. The second-order valence-electron chi connectivity index (χ2n) is 5.59. The number of benzene rings is 1. The van der Waals surface area contributed by atoms with Gasteiger partial charge in [0, 0.05) is 32.0 Å². The average molecular weight is 337 g/mol. The van der Waals surface area contributed by atoms with Crippen LogP contribution in [0.2, 0.25) is 0 Å². The Morgan fingerprint density at radius 3 is 2.72 bits per heavy atom. The van der Waals surface area contributed by atoms with E-state index in [0.717, 1.165) is 16.9 Å². The van der Waals surface area contributed by atoms with E-state index in [9.17, 15) is 9.59 Å². The summed E-state index contributed by atoms with van der Waals surface area (Å²) in [7, 11) is 0. The summed E-state index contributed by atoms with van der Waals surface area (Å²) in [6.45, 7) is 0.297. The van der Waals surface area contributed by atoms with Crippen molar-refractivity contribution in [1.82, 2.24) is 20.3 Å². The molecule has 0 bridgehead atoms. The Labute approximate surface area is 144 Å². The molecule has 0 spiro atoms. The summed E-state index contributed by atoms with van der Waals surface area (Å²) in [5.41, 5.74) is 2.50. The van der Waals surface area contributed by atoms with Gasteiger partial charge in [0.05, 0.1) is 22.9 Å². The Kier molecular flexibility index (Phi) is 5.36. The van der Waals surface area contributed by atoms with Gasteiger partial charge in [-0.2, -0.15) is 0 Å². The molecule has 0 radical (unpaired) electrons. The van der Waals surface area contributed by atoms with Crippen LogP contribution in [0.15, 0.2) is 48.8 Å². The normalized spacial score (nSPS) is 10.6. The van der Waals surface area contributed by atoms with Crippen LogP contribution in [0.25, 0.3) is 11.0 Å². The first-order valence-electron chi connectivity index (χ1n) is 8.11. The van der Waals surface area contributed by atoms with Crippen molar-refractivity contribution in [2.24, 2.45) is 0 Å². The zero-order valence-corrected chi connectivity index (χ0v) is 13.7. The highest BCUT2D eigenvalue weighted by molar-refractivity contribution is 5.90. The maximum Gasteiger partial charge on any atom is 0.226 e. The highest BCUT2D eigenvalue weighted by Gasteiger charge is 2.07. The van der Waals surface area contributed by atoms with Gasteiger partial charge >= 0.3 is 0 Å². The molecule has 0 atom stereocenters. The molecule has 2 aromatic heterocycles. The number of anilines is 1. The van der Waals surface area contributed by atoms with Gasteiger partial charge in [0.15, 0.2) is 0 Å². The summed E-state index contributed by atoms with van der Waals surface area (Å²) >= 11 is 0. The maximum absolute atomic E-state index is 11.9. The number of hydrogen-bond acceptors (Lipinski definition) is 4. The smallest absolute Gasteiger partial charge is 0.226 e. The molecule has 2 heterocycles. The predicted molar refractivity (Wildman–Crippen MR) is 94.9 cm³/mol. The number of rotatable bonds is 7. The standard InChI is InChI=1S/C18H19N5O2/c24-17(8-7-16-22-14-5-1-2-6-15(14)23-16)20-11-9-18(25)21-13-4-3-10-19-12-13/h1-6,10,12H,7-9,11H2,(H,20,24)(H,21,25)(H,22,23). The van der Waals surface area contributed by atoms with Crippen LogP contribution in [-0.2, 0) is 16.0 Å². The fourth-order valence-corrected chi connectivity index (χ4v) is 2.42. The number of para-hydroxylation sites is 2. The summed E-state index contributed by atoms with van der Waals surface area (Å²) < 4.78 is 0. The van der Waals surface area contributed by atoms with Crippen molar-refractivity contribution >= 4 is 28.5 Å². The number of imidazole rings is 1. The van der Waals surface area contributed by atoms with Gasteiger partial charge in [0.25, 0.3) is 0 Å². The van der Waals surface area contributed by atoms with Gasteiger partial charge in [-0.25, -0.2) is 4.98 Å². The van der Waals surface area contributed by atoms with Crippen molar-refractivity contribution in [3.63, 3.8) is 0 Å². The molecule has 0 aliphatic carbocycles. The van der Waals surface area contributed by atoms with E-state index < -0.39 is 0 Å². The van der Waals surface area contributed by atoms with E-state index in [4.69, 9.17) is 0 Å². The molecule has 2 amide bonds. The lowest BCUT2D eigenvalue weighted by Gasteiger charge is -2.06. The summed E-state index contributed by atoms with van der Waals surface area (Å²) in [4.78, 5) is 35.2. The predicted octanol–water partition coefficient (Wildman–Crippen LogP) is 2.04. The van der Waals surface area contributed by atoms with Gasteiger partial charge in [0.2, 0.25) is 11.8 Å². The van der Waals surface area contributed by atoms with Gasteiger partial charge in [-0.1, -0.05) is 12.1 Å². The number of fused-ring (bicyclic) bond motifs is 1. The van der Waals surface area contributed by atoms with Gasteiger partial charge in [-0.05, 0) is 24.3 Å². The molecule has 0 saturated heterocycles. The Morgan fingerprint density at radius 1 is 1.04 bits per heavy atom. The second-order valence-corrected chi connectivity index (χ2v) is 5.59. The number of hydrogen-bond donors (Lipinski definition) is 3. The molecule has 3 rings (SSSR count). The van der Waals surface area contributed by atoms with Crippen molar-refractivity contribution < 1.29 is 9.59 Å². The molecule has 1 aromatic carbocycles. The first kappa shape index (κ1) is 16.6. The number of nitrogens with one attached hydrogen (secondary N) is 3. The monoisotopic (exact) mass is 337 g/mol. The van der Waals surface area contributed by atoms with Crippen molar-refractivity contribution in [2.75, 3.05) is 11.9 Å². The number of aromatic amines is 1. The molecular formula is C18H19N5O2. The van der Waals surface area contributed by atoms with E-state index in [2.05, 4.69) is 25.6 Å². The van der Waals surface area contributed by atoms with Crippen LogP contribution in [-0.4, -0.2) is 33.3 Å². The molecule has 0 aliphatic rings. The molecule has 3 N–H and O–H groups in total. The third-order valence-electron chi connectivity index (χ3n) is 3.65. The molecule has 7 nitrogen and oxygen atoms in total. The molecule has 0 unspecified atom stereocenters. The lowest BCUT2D eigenvalue weighted by atomic mass is 10.3. The summed E-state index contributed by atoms with van der Waals surface area (Å²) in [5.74, 6) is 0.519. The molecular weight excluding hydrogens is 318 g/mol. The zero-order valence-electron chi connectivity index (χ0n) is 13.7. The van der Waals surface area contributed by atoms with E-state index in [1.807, 2.05) is 24.3 Å². The van der Waals surface area contributed by atoms with E-state index >= 15 is 0 Å². The number of pyridine rings is 1. The summed E-state index contributed by atoms with van der Waals surface area (Å²) in [6, 6.07) is 11.2. The lowest BCUT2D eigenvalue weighted by molar-refractivity contribution is -0.121. The Bertz CT molecular complexity index is 827. The van der Waals surface area contributed by atoms with Crippen LogP contribution in [0.1, 0.15) is 18.7 Å². The van der Waals surface area contributed by atoms with E-state index in [0.29, 0.717) is 25.1 Å². The number of aryl methyl sites for hydroxylation is 1. The molecule has 7 heteroatoms. The summed E-state index contributed by atoms with van der Waals surface area (Å²) in [6.07, 6.45) is 4.28. The van der Waals surface area contributed by atoms with Crippen molar-refractivity contribution in [2.45, 2.75) is 19.3 Å². The minimum atomic E-state index is -0.161. The highest BCUT2D eigenvalue weighted by Crippen LogP contribution is 2.11. The lowest BCUT2D eigenvalue weighted by Crippen LogP contribution is -2.27. The number of nitrogens with zero attached hydrogens (tertiary/aromatic N) is 2. The molecule has 128 valence electrons. The van der Waals surface area contributed by atoms with Crippen LogP contribution in [0.5, 0.6) is 0 Å². The first-order chi connectivity index (χ1) is 12.2. The fraction of sp³-hybridized carbons (Fsp3) is 0.222. The molecule has 0 aliphatic heterocycles. The second kappa shape index (κ2) is 8.05. The fourth-order valence-electron chi connectivity index (χ4n) is 2.42. The first-order valence-corrected chi connectivity index (χ1v) is 8.11. The van der Waals surface area contributed by atoms with Crippen LogP contribution < -0.4 is 10.6 Å². The average Bonchev–Trinajstić information content (AvgIpc) is 3.04. The van der Waals surface area contributed by atoms with Crippen molar-refractivity contribution in [3.05, 3.63) is 54.6 Å². The van der Waals surface area contributed by atoms with Crippen LogP contribution >= 0.6 is 0 Å². The number of amides is 2. The largest absolute Gasteiger partial charge is 0.356 e. The Morgan fingerprint density at radius 2 is 1.92 bits per heavy atom. The third kappa shape index (κ3) is 4.87. The molecule has 0 saturated carbocycles. The van der Waals surface area contributed by atoms with Crippen LogP contribution in [0.3, 0.4) is 0 Å². The van der Waals surface area contributed by atoms with Crippen LogP contribution in [0, 0.1) is 0 Å². The van der Waals surface area contributed by atoms with Gasteiger partial charge in [-0.15, -0.1) is 0 Å². The molecule has 0 fully saturated rings. The van der Waals surface area contributed by atoms with E-state index in [1.165, 1.54) is 0 Å². The quantitative estimate of drug-likeness (QED) is 0.614. The van der Waals surface area contributed by atoms with Gasteiger partial charge in [0.1, 0.15) is 5.82 Å². The number of H-pyrrole nitrogens is 1. The Hall–Kier alpha value is -3.22. The SMILES string of the molecule is O=C(CCc1nc2ccccc2[nH]1)NCCC(=O)Nc1cccnc1. The topological polar surface area (TPSA) is 99.8 Å². The number of carbonyl (C=O) groups is 2. The van der Waals surface area contributed by atoms with Crippen molar-refractivity contribution in [3.8, 4) is 0 Å². The van der Waals surface area contributed by atoms with Gasteiger partial charge in [-0.3, -0.25) is 14.6 Å². The highest BCUT2D eigenvalue weighted by atomic mass is 16.2. The van der Waals surface area contributed by atoms with Crippen LogP contribution in [0.4, 0.5) is 5.69 Å². The summed E-state index contributed by atoms with van der Waals surface area (Å²) in [5, 5.41) is 5.47. The molecule has 3 aromatic rings. The van der Waals surface area contributed by atoms with Gasteiger partial charge < -0.3 is 15.6 Å². The minimum Gasteiger partial charge on any atom is -0.356 e. The molecule has 25 heavy (non-hydrogen) atoms. The zero-order chi connectivity index (χ0) is 17.5. The minimum absolute atomic E-state index is 0.102. The van der Waals surface area contributed by atoms with E-state index in [1.54, 1.807) is 24.5 Å². The number of aromatic nitrogens is 3. The van der Waals surface area contributed by atoms with Crippen molar-refractivity contribution in [1.29, 1.82) is 0 Å². The van der Waals surface area contributed by atoms with E-state index in [-0.39, 0.29) is 18.2 Å². The number of carbonyl (C=O) groups excluding carboxylic acids is 2. The maximum atomic E-state index is 11.9. The Balaban J connectivity index is 1.37.